The van der Waals surface area contributed by atoms with Crippen LogP contribution in [0.1, 0.15) is 21.6 Å². The minimum atomic E-state index is -0.172. The molecule has 3 aromatic rings. The SMILES string of the molecule is Cc1ccc(NC(=O)c2cc3cccc(N)c3[nH]2)cc1C. The van der Waals surface area contributed by atoms with Gasteiger partial charge in [-0.1, -0.05) is 18.2 Å². The van der Waals surface area contributed by atoms with Gasteiger partial charge >= 0.3 is 0 Å². The topological polar surface area (TPSA) is 70.9 Å². The van der Waals surface area contributed by atoms with Gasteiger partial charge in [0.05, 0.1) is 11.2 Å². The van der Waals surface area contributed by atoms with E-state index in [4.69, 9.17) is 5.73 Å². The summed E-state index contributed by atoms with van der Waals surface area (Å²) in [5, 5.41) is 3.83. The second-order valence-electron chi connectivity index (χ2n) is 5.25. The maximum absolute atomic E-state index is 12.3. The molecule has 0 bridgehead atoms. The maximum Gasteiger partial charge on any atom is 0.272 e. The first kappa shape index (κ1) is 13.2. The van der Waals surface area contributed by atoms with Gasteiger partial charge in [0.2, 0.25) is 0 Å². The van der Waals surface area contributed by atoms with Crippen LogP contribution in [0.5, 0.6) is 0 Å². The molecule has 0 aliphatic carbocycles. The summed E-state index contributed by atoms with van der Waals surface area (Å²) in [5.41, 5.74) is 11.0. The molecular weight excluding hydrogens is 262 g/mol. The first-order chi connectivity index (χ1) is 10.0. The van der Waals surface area contributed by atoms with E-state index in [1.807, 2.05) is 56.3 Å². The van der Waals surface area contributed by atoms with Crippen molar-refractivity contribution in [3.8, 4) is 0 Å². The van der Waals surface area contributed by atoms with E-state index in [9.17, 15) is 4.79 Å². The quantitative estimate of drug-likeness (QED) is 0.627. The molecule has 4 nitrogen and oxygen atoms in total. The lowest BCUT2D eigenvalue weighted by molar-refractivity contribution is 0.102. The summed E-state index contributed by atoms with van der Waals surface area (Å²) in [7, 11) is 0. The third kappa shape index (κ3) is 2.48. The highest BCUT2D eigenvalue weighted by Gasteiger charge is 2.11. The zero-order valence-corrected chi connectivity index (χ0v) is 12.0. The summed E-state index contributed by atoms with van der Waals surface area (Å²) in [5.74, 6) is -0.172. The van der Waals surface area contributed by atoms with Crippen LogP contribution in [0.3, 0.4) is 0 Å². The van der Waals surface area contributed by atoms with E-state index in [2.05, 4.69) is 10.3 Å². The number of anilines is 2. The van der Waals surface area contributed by atoms with Crippen LogP contribution < -0.4 is 11.1 Å². The van der Waals surface area contributed by atoms with E-state index >= 15 is 0 Å². The van der Waals surface area contributed by atoms with Crippen LogP contribution in [0.25, 0.3) is 10.9 Å². The van der Waals surface area contributed by atoms with E-state index in [0.717, 1.165) is 22.2 Å². The second kappa shape index (κ2) is 4.98. The number of aryl methyl sites for hydroxylation is 2. The van der Waals surface area contributed by atoms with Crippen molar-refractivity contribution >= 4 is 28.2 Å². The van der Waals surface area contributed by atoms with Crippen LogP contribution in [-0.2, 0) is 0 Å². The molecule has 4 N–H and O–H groups in total. The highest BCUT2D eigenvalue weighted by atomic mass is 16.1. The summed E-state index contributed by atoms with van der Waals surface area (Å²) in [6, 6.07) is 13.3. The van der Waals surface area contributed by atoms with Gasteiger partial charge in [0.25, 0.3) is 5.91 Å². The fourth-order valence-electron chi connectivity index (χ4n) is 2.32. The maximum atomic E-state index is 12.3. The minimum absolute atomic E-state index is 0.172. The molecule has 0 saturated heterocycles. The minimum Gasteiger partial charge on any atom is -0.397 e. The molecule has 3 rings (SSSR count). The molecular formula is C17H17N3O. The van der Waals surface area contributed by atoms with Crippen molar-refractivity contribution in [1.29, 1.82) is 0 Å². The zero-order valence-electron chi connectivity index (χ0n) is 12.0. The van der Waals surface area contributed by atoms with Crippen molar-refractivity contribution < 1.29 is 4.79 Å². The number of nitrogens with two attached hydrogens (primary N) is 1. The molecule has 21 heavy (non-hydrogen) atoms. The van der Waals surface area contributed by atoms with Crippen LogP contribution in [0.4, 0.5) is 11.4 Å². The number of carbonyl (C=O) groups excluding carboxylic acids is 1. The predicted molar refractivity (Wildman–Crippen MR) is 86.6 cm³/mol. The van der Waals surface area contributed by atoms with Crippen molar-refractivity contribution in [2.75, 3.05) is 11.1 Å². The van der Waals surface area contributed by atoms with Gasteiger partial charge in [-0.25, -0.2) is 0 Å². The Morgan fingerprint density at radius 3 is 2.62 bits per heavy atom. The van der Waals surface area contributed by atoms with Gasteiger partial charge in [-0.3, -0.25) is 4.79 Å². The van der Waals surface area contributed by atoms with Crippen molar-refractivity contribution in [2.45, 2.75) is 13.8 Å². The summed E-state index contributed by atoms with van der Waals surface area (Å²) < 4.78 is 0. The van der Waals surface area contributed by atoms with Crippen molar-refractivity contribution in [3.05, 3.63) is 59.3 Å². The molecule has 1 aromatic heterocycles. The Kier molecular flexibility index (Phi) is 3.14. The number of rotatable bonds is 2. The molecule has 0 saturated carbocycles. The largest absolute Gasteiger partial charge is 0.397 e. The van der Waals surface area contributed by atoms with Gasteiger partial charge in [0, 0.05) is 11.1 Å². The number of aromatic nitrogens is 1. The molecule has 106 valence electrons. The van der Waals surface area contributed by atoms with Gasteiger partial charge in [0.15, 0.2) is 0 Å². The first-order valence-corrected chi connectivity index (χ1v) is 6.80. The summed E-state index contributed by atoms with van der Waals surface area (Å²) in [6.07, 6.45) is 0. The lowest BCUT2D eigenvalue weighted by atomic mass is 10.1. The number of aromatic amines is 1. The predicted octanol–water partition coefficient (Wildman–Crippen LogP) is 3.62. The molecule has 2 aromatic carbocycles. The van der Waals surface area contributed by atoms with Crippen molar-refractivity contribution in [3.63, 3.8) is 0 Å². The van der Waals surface area contributed by atoms with E-state index in [1.54, 1.807) is 0 Å². The standard InChI is InChI=1S/C17H17N3O/c1-10-6-7-13(8-11(10)2)19-17(21)15-9-12-4-3-5-14(18)16(12)20-15/h3-9,20H,18H2,1-2H3,(H,19,21). The number of nitrogen functional groups attached to an aromatic ring is 1. The zero-order chi connectivity index (χ0) is 15.0. The van der Waals surface area contributed by atoms with Crippen LogP contribution >= 0.6 is 0 Å². The van der Waals surface area contributed by atoms with Gasteiger partial charge in [-0.2, -0.15) is 0 Å². The second-order valence-corrected chi connectivity index (χ2v) is 5.25. The number of amides is 1. The average molecular weight is 279 g/mol. The fourth-order valence-corrected chi connectivity index (χ4v) is 2.32. The van der Waals surface area contributed by atoms with Crippen molar-refractivity contribution in [1.82, 2.24) is 4.98 Å². The van der Waals surface area contributed by atoms with Crippen LogP contribution in [0.15, 0.2) is 42.5 Å². The number of nitrogens with one attached hydrogen (secondary N) is 2. The number of hydrogen-bond donors (Lipinski definition) is 3. The van der Waals surface area contributed by atoms with Gasteiger partial charge < -0.3 is 16.0 Å². The number of carbonyl (C=O) groups is 1. The number of fused-ring (bicyclic) bond motifs is 1. The molecule has 0 spiro atoms. The number of benzene rings is 2. The molecule has 1 amide bonds. The normalized spacial score (nSPS) is 10.8. The Morgan fingerprint density at radius 2 is 1.90 bits per heavy atom. The lowest BCUT2D eigenvalue weighted by Gasteiger charge is -2.06. The van der Waals surface area contributed by atoms with Crippen molar-refractivity contribution in [2.24, 2.45) is 0 Å². The molecule has 0 unspecified atom stereocenters. The molecule has 0 radical (unpaired) electrons. The molecule has 1 heterocycles. The number of para-hydroxylation sites is 1. The average Bonchev–Trinajstić information content (AvgIpc) is 2.89. The Morgan fingerprint density at radius 1 is 1.10 bits per heavy atom. The fraction of sp³-hybridized carbons (Fsp3) is 0.118. The first-order valence-electron chi connectivity index (χ1n) is 6.80. The molecule has 4 heteroatoms. The molecule has 0 atom stereocenters. The highest BCUT2D eigenvalue weighted by molar-refractivity contribution is 6.07. The van der Waals surface area contributed by atoms with E-state index < -0.39 is 0 Å². The number of hydrogen-bond acceptors (Lipinski definition) is 2. The summed E-state index contributed by atoms with van der Waals surface area (Å²) in [4.78, 5) is 15.4. The highest BCUT2D eigenvalue weighted by Crippen LogP contribution is 2.22. The third-order valence-corrected chi connectivity index (χ3v) is 3.70. The molecule has 0 aliphatic heterocycles. The van der Waals surface area contributed by atoms with Crippen LogP contribution in [0, 0.1) is 13.8 Å². The lowest BCUT2D eigenvalue weighted by Crippen LogP contribution is -2.12. The van der Waals surface area contributed by atoms with Gasteiger partial charge in [0.1, 0.15) is 5.69 Å². The Bertz CT molecular complexity index is 833. The third-order valence-electron chi connectivity index (χ3n) is 3.70. The Hall–Kier alpha value is -2.75. The van der Waals surface area contributed by atoms with Crippen LogP contribution in [0.2, 0.25) is 0 Å². The van der Waals surface area contributed by atoms with Crippen LogP contribution in [-0.4, -0.2) is 10.9 Å². The number of H-pyrrole nitrogens is 1. The van der Waals surface area contributed by atoms with E-state index in [1.165, 1.54) is 5.56 Å². The Labute approximate surface area is 123 Å². The van der Waals surface area contributed by atoms with E-state index in [0.29, 0.717) is 11.4 Å². The van der Waals surface area contributed by atoms with E-state index in [-0.39, 0.29) is 5.91 Å². The Balaban J connectivity index is 1.90. The molecule has 0 fully saturated rings. The monoisotopic (exact) mass is 279 g/mol. The smallest absolute Gasteiger partial charge is 0.272 e. The summed E-state index contributed by atoms with van der Waals surface area (Å²) >= 11 is 0. The molecule has 0 aliphatic rings. The van der Waals surface area contributed by atoms with Gasteiger partial charge in [-0.15, -0.1) is 0 Å². The van der Waals surface area contributed by atoms with Gasteiger partial charge in [-0.05, 0) is 49.2 Å². The summed E-state index contributed by atoms with van der Waals surface area (Å²) in [6.45, 7) is 4.07.